The Bertz CT molecular complexity index is 2210. The van der Waals surface area contributed by atoms with Crippen LogP contribution in [-0.2, 0) is 32.1 Å². The van der Waals surface area contributed by atoms with Crippen molar-refractivity contribution < 1.29 is 32.3 Å². The molecule has 5 N–H and O–H groups in total. The molecule has 4 amide bonds. The molecule has 0 bridgehead atoms. The van der Waals surface area contributed by atoms with Gasteiger partial charge >= 0.3 is 0 Å². The lowest BCUT2D eigenvalue weighted by Crippen LogP contribution is -2.54. The molecule has 4 heterocycles. The molecule has 3 aliphatic rings. The van der Waals surface area contributed by atoms with Gasteiger partial charge in [0.05, 0.1) is 41.4 Å². The molecule has 9 atom stereocenters. The Morgan fingerprint density at radius 1 is 0.850 bits per heavy atom. The third-order valence-corrected chi connectivity index (χ3v) is 12.5. The van der Waals surface area contributed by atoms with Crippen molar-refractivity contribution in [2.24, 2.45) is 11.8 Å². The minimum absolute atomic E-state index is 0.0580. The lowest BCUT2D eigenvalue weighted by molar-refractivity contribution is -0.138. The second-order valence-corrected chi connectivity index (χ2v) is 16.2. The summed E-state index contributed by atoms with van der Waals surface area (Å²) in [6.45, 7) is 11.8. The number of hydrogen-bond donors (Lipinski definition) is 5. The SMILES string of the molecule is CC.CCC(NC(=O)C(C)NC)C(=O)N1CC(F)CC1Cc1c(-c2nc3cc(F)ccc3n2CC2C3CC3CN2C(=O)C(CC)NC(=O)C(C)NC)[nH]c2cc(F)ccc12. The van der Waals surface area contributed by atoms with E-state index in [0.717, 1.165) is 6.42 Å². The highest BCUT2D eigenvalue weighted by atomic mass is 19.1. The van der Waals surface area contributed by atoms with Gasteiger partial charge in [-0.3, -0.25) is 19.2 Å². The van der Waals surface area contributed by atoms with E-state index in [1.807, 2.05) is 30.2 Å². The number of amides is 4. The molecule has 2 saturated heterocycles. The van der Waals surface area contributed by atoms with Crippen LogP contribution in [0.5, 0.6) is 0 Å². The Hall–Kier alpha value is -4.96. The van der Waals surface area contributed by atoms with Crippen molar-refractivity contribution in [1.82, 2.24) is 45.6 Å². The maximum absolute atomic E-state index is 15.4. The molecule has 2 aromatic heterocycles. The third kappa shape index (κ3) is 8.90. The number of likely N-dealkylation sites (tertiary alicyclic amines) is 2. The lowest BCUT2D eigenvalue weighted by atomic mass is 9.99. The van der Waals surface area contributed by atoms with Crippen molar-refractivity contribution in [1.29, 1.82) is 0 Å². The number of benzene rings is 2. The van der Waals surface area contributed by atoms with Gasteiger partial charge in [0.2, 0.25) is 23.6 Å². The summed E-state index contributed by atoms with van der Waals surface area (Å²) < 4.78 is 46.9. The summed E-state index contributed by atoms with van der Waals surface area (Å²) in [7, 11) is 3.33. The van der Waals surface area contributed by atoms with Gasteiger partial charge in [0.25, 0.3) is 0 Å². The van der Waals surface area contributed by atoms with Crippen molar-refractivity contribution in [3.8, 4) is 11.5 Å². The monoisotopic (exact) mass is 835 g/mol. The summed E-state index contributed by atoms with van der Waals surface area (Å²) in [6, 6.07) is 5.29. The van der Waals surface area contributed by atoms with Crippen LogP contribution in [0.4, 0.5) is 13.2 Å². The van der Waals surface area contributed by atoms with E-state index in [2.05, 4.69) is 26.3 Å². The second-order valence-electron chi connectivity index (χ2n) is 16.2. The predicted octanol–water partition coefficient (Wildman–Crippen LogP) is 4.82. The molecule has 0 radical (unpaired) electrons. The molecule has 4 aromatic rings. The first-order valence-corrected chi connectivity index (χ1v) is 21.4. The van der Waals surface area contributed by atoms with Crippen LogP contribution in [0, 0.1) is 23.5 Å². The molecule has 1 saturated carbocycles. The zero-order chi connectivity index (χ0) is 43.6. The maximum atomic E-state index is 15.4. The highest BCUT2D eigenvalue weighted by molar-refractivity contribution is 5.93. The number of nitrogens with one attached hydrogen (secondary N) is 5. The molecule has 2 aliphatic heterocycles. The molecule has 9 unspecified atom stereocenters. The quantitative estimate of drug-likeness (QED) is 0.115. The third-order valence-electron chi connectivity index (χ3n) is 12.5. The molecule has 16 heteroatoms. The molecule has 326 valence electrons. The smallest absolute Gasteiger partial charge is 0.245 e. The van der Waals surface area contributed by atoms with E-state index in [1.54, 1.807) is 47.0 Å². The van der Waals surface area contributed by atoms with Crippen LogP contribution < -0.4 is 21.3 Å². The molecular weight excluding hydrogens is 776 g/mol. The second kappa shape index (κ2) is 18.8. The van der Waals surface area contributed by atoms with Gasteiger partial charge in [-0.05, 0) is 101 Å². The van der Waals surface area contributed by atoms with Gasteiger partial charge in [-0.25, -0.2) is 18.2 Å². The van der Waals surface area contributed by atoms with Crippen LogP contribution in [0.15, 0.2) is 36.4 Å². The average molecular weight is 836 g/mol. The van der Waals surface area contributed by atoms with E-state index in [-0.39, 0.29) is 55.0 Å². The molecular formula is C44H60F3N9O4. The summed E-state index contributed by atoms with van der Waals surface area (Å²) in [6.07, 6.45) is 0.611. The number of hydrogen-bond acceptors (Lipinski definition) is 7. The molecule has 2 aromatic carbocycles. The highest BCUT2D eigenvalue weighted by Crippen LogP contribution is 2.51. The number of nitrogens with zero attached hydrogens (tertiary/aromatic N) is 4. The number of carbonyl (C=O) groups is 4. The number of H-pyrrole nitrogens is 1. The van der Waals surface area contributed by atoms with Gasteiger partial charge in [0.15, 0.2) is 5.82 Å². The number of fused-ring (bicyclic) bond motifs is 3. The summed E-state index contributed by atoms with van der Waals surface area (Å²) in [5.74, 6) is -1.13. The number of halogens is 3. The molecule has 13 nitrogen and oxygen atoms in total. The number of carbonyl (C=O) groups excluding carboxylic acids is 4. The maximum Gasteiger partial charge on any atom is 0.245 e. The Balaban J connectivity index is 0.00000297. The number of likely N-dealkylation sites (N-methyl/N-ethyl adjacent to an activating group) is 2. The van der Waals surface area contributed by atoms with Crippen molar-refractivity contribution in [3.05, 3.63) is 53.6 Å². The normalized spacial score (nSPS) is 22.8. The highest BCUT2D eigenvalue weighted by Gasteiger charge is 2.55. The Morgan fingerprint density at radius 2 is 1.45 bits per heavy atom. The van der Waals surface area contributed by atoms with Crippen molar-refractivity contribution >= 4 is 45.6 Å². The van der Waals surface area contributed by atoms with Crippen LogP contribution in [0.25, 0.3) is 33.5 Å². The van der Waals surface area contributed by atoms with Gasteiger partial charge in [-0.1, -0.05) is 27.7 Å². The summed E-state index contributed by atoms with van der Waals surface area (Å²) >= 11 is 0. The van der Waals surface area contributed by atoms with Crippen LogP contribution in [0.3, 0.4) is 0 Å². The number of aromatic nitrogens is 3. The predicted molar refractivity (Wildman–Crippen MR) is 226 cm³/mol. The van der Waals surface area contributed by atoms with Gasteiger partial charge in [-0.2, -0.15) is 0 Å². The zero-order valence-electron chi connectivity index (χ0n) is 35.9. The molecule has 1 aliphatic carbocycles. The number of imidazole rings is 1. The van der Waals surface area contributed by atoms with E-state index in [9.17, 15) is 28.0 Å². The van der Waals surface area contributed by atoms with E-state index < -0.39 is 48.0 Å². The van der Waals surface area contributed by atoms with Crippen molar-refractivity contribution in [3.63, 3.8) is 0 Å². The molecule has 3 fully saturated rings. The minimum atomic E-state index is -1.30. The summed E-state index contributed by atoms with van der Waals surface area (Å²) in [4.78, 5) is 65.5. The van der Waals surface area contributed by atoms with E-state index in [1.165, 1.54) is 29.2 Å². The number of rotatable bonds is 15. The fraction of sp³-hybridized carbons (Fsp3) is 0.568. The van der Waals surface area contributed by atoms with E-state index in [4.69, 9.17) is 4.98 Å². The fourth-order valence-electron chi connectivity index (χ4n) is 8.85. The van der Waals surface area contributed by atoms with Crippen molar-refractivity contribution in [2.75, 3.05) is 27.2 Å². The van der Waals surface area contributed by atoms with Gasteiger partial charge in [0, 0.05) is 42.5 Å². The number of piperidine rings is 1. The van der Waals surface area contributed by atoms with E-state index in [0.29, 0.717) is 70.9 Å². The lowest BCUT2D eigenvalue weighted by Gasteiger charge is -2.32. The van der Waals surface area contributed by atoms with Crippen LogP contribution in [0.1, 0.15) is 72.8 Å². The Labute approximate surface area is 349 Å². The van der Waals surface area contributed by atoms with Crippen molar-refractivity contribution in [2.45, 2.75) is 123 Å². The van der Waals surface area contributed by atoms with E-state index >= 15 is 4.39 Å². The largest absolute Gasteiger partial charge is 0.352 e. The zero-order valence-corrected chi connectivity index (χ0v) is 35.9. The topological polar surface area (TPSA) is 156 Å². The van der Waals surface area contributed by atoms with Crippen LogP contribution in [0.2, 0.25) is 0 Å². The molecule has 7 rings (SSSR count). The fourth-order valence-corrected chi connectivity index (χ4v) is 8.85. The number of aromatic amines is 1. The van der Waals surface area contributed by atoms with Crippen LogP contribution in [-0.4, -0.2) is 118 Å². The molecule has 60 heavy (non-hydrogen) atoms. The first-order valence-electron chi connectivity index (χ1n) is 21.4. The Morgan fingerprint density at radius 3 is 2.07 bits per heavy atom. The first kappa shape index (κ1) is 44.6. The standard InChI is InChI=1S/C42H54F3N9O4.C2H6/c1-7-31(50-39(55)21(3)46-5)41(57)52-19-26(45)14-27(52)17-30-28-11-9-24(43)15-33(28)48-37(30)38-49-34-16-25(44)10-12-35(34)53(38)20-36-29-13-23(29)18-54(36)42(58)32(8-2)51-40(56)22(4)47-6;1-2/h9-12,15-16,21-23,26-27,29,31-32,36,46-48H,7-8,13-14,17-20H2,1-6H3,(H,50,55)(H,51,56);1-2H3. The summed E-state index contributed by atoms with van der Waals surface area (Å²) in [5, 5.41) is 12.2. The molecule has 0 spiro atoms. The number of alkyl halides is 1. The average Bonchev–Trinajstić information content (AvgIpc) is 3.45. The first-order chi connectivity index (χ1) is 28.8. The summed E-state index contributed by atoms with van der Waals surface area (Å²) in [5.41, 5.74) is 2.68. The Kier molecular flexibility index (Phi) is 13.9. The van der Waals surface area contributed by atoms with Crippen LogP contribution >= 0.6 is 0 Å². The van der Waals surface area contributed by atoms with Gasteiger partial charge in [-0.15, -0.1) is 0 Å². The van der Waals surface area contributed by atoms with Gasteiger partial charge < -0.3 is 40.6 Å². The minimum Gasteiger partial charge on any atom is -0.352 e. The van der Waals surface area contributed by atoms with Gasteiger partial charge in [0.1, 0.15) is 29.9 Å².